The van der Waals surface area contributed by atoms with E-state index in [1.807, 2.05) is 0 Å². The van der Waals surface area contributed by atoms with E-state index in [4.69, 9.17) is 0 Å². The van der Waals surface area contributed by atoms with Gasteiger partial charge in [-0.15, -0.1) is 0 Å². The molecule has 0 bridgehead atoms. The largest absolute Gasteiger partial charge is 0.406 e. The van der Waals surface area contributed by atoms with E-state index in [-0.39, 0.29) is 19.0 Å². The van der Waals surface area contributed by atoms with Crippen molar-refractivity contribution in [1.82, 2.24) is 15.1 Å². The van der Waals surface area contributed by atoms with Gasteiger partial charge in [0.15, 0.2) is 0 Å². The van der Waals surface area contributed by atoms with Crippen LogP contribution in [0.1, 0.15) is 39.0 Å². The van der Waals surface area contributed by atoms with Gasteiger partial charge in [-0.25, -0.2) is 0 Å². The van der Waals surface area contributed by atoms with Crippen molar-refractivity contribution in [2.75, 3.05) is 39.3 Å². The Labute approximate surface area is 146 Å². The smallest absolute Gasteiger partial charge is 0.342 e. The minimum Gasteiger partial charge on any atom is -0.342 e. The Morgan fingerprint density at radius 1 is 1.28 bits per heavy atom. The van der Waals surface area contributed by atoms with Crippen molar-refractivity contribution < 1.29 is 22.8 Å². The summed E-state index contributed by atoms with van der Waals surface area (Å²) in [7, 11) is 0. The molecule has 0 spiro atoms. The van der Waals surface area contributed by atoms with Crippen LogP contribution in [0.15, 0.2) is 0 Å². The van der Waals surface area contributed by atoms with Gasteiger partial charge in [-0.2, -0.15) is 13.2 Å². The van der Waals surface area contributed by atoms with Gasteiger partial charge in [0.25, 0.3) is 0 Å². The van der Waals surface area contributed by atoms with E-state index >= 15 is 0 Å². The van der Waals surface area contributed by atoms with Gasteiger partial charge in [0.2, 0.25) is 11.8 Å². The lowest BCUT2D eigenvalue weighted by atomic mass is 9.95. The van der Waals surface area contributed by atoms with Gasteiger partial charge in [0, 0.05) is 26.1 Å². The first-order valence-corrected chi connectivity index (χ1v) is 9.14. The number of nitrogens with zero attached hydrogens (tertiary/aromatic N) is 2. The molecular formula is C17H28F3N3O2. The maximum absolute atomic E-state index is 12.6. The van der Waals surface area contributed by atoms with Gasteiger partial charge in [-0.1, -0.05) is 0 Å². The van der Waals surface area contributed by atoms with Crippen molar-refractivity contribution in [3.8, 4) is 0 Å². The van der Waals surface area contributed by atoms with Crippen LogP contribution in [0.2, 0.25) is 0 Å². The Morgan fingerprint density at radius 3 is 2.64 bits per heavy atom. The highest BCUT2D eigenvalue weighted by Gasteiger charge is 2.36. The maximum Gasteiger partial charge on any atom is 0.406 e. The molecule has 144 valence electrons. The molecule has 2 aliphatic heterocycles. The summed E-state index contributed by atoms with van der Waals surface area (Å²) in [6.45, 7) is 3.12. The molecule has 0 aliphatic carbocycles. The number of nitrogens with one attached hydrogen (secondary N) is 1. The fourth-order valence-electron chi connectivity index (χ4n) is 3.67. The van der Waals surface area contributed by atoms with Crippen LogP contribution in [0.25, 0.3) is 0 Å². The number of likely N-dealkylation sites (tertiary alicyclic amines) is 1. The molecule has 2 atom stereocenters. The molecule has 2 heterocycles. The molecule has 0 aromatic heterocycles. The Balaban J connectivity index is 1.85. The van der Waals surface area contributed by atoms with E-state index in [9.17, 15) is 22.8 Å². The summed E-state index contributed by atoms with van der Waals surface area (Å²) in [5, 5.41) is 3.27. The van der Waals surface area contributed by atoms with Crippen LogP contribution >= 0.6 is 0 Å². The first kappa shape index (κ1) is 20.0. The van der Waals surface area contributed by atoms with Crippen molar-refractivity contribution in [2.45, 2.75) is 45.2 Å². The van der Waals surface area contributed by atoms with E-state index in [1.54, 1.807) is 11.8 Å². The molecule has 2 rings (SSSR count). The zero-order valence-corrected chi connectivity index (χ0v) is 14.8. The van der Waals surface area contributed by atoms with E-state index in [0.717, 1.165) is 30.8 Å². The molecule has 2 saturated heterocycles. The number of hydrogen-bond donors (Lipinski definition) is 1. The quantitative estimate of drug-likeness (QED) is 0.786. The molecule has 0 radical (unpaired) electrons. The molecule has 25 heavy (non-hydrogen) atoms. The first-order chi connectivity index (χ1) is 11.8. The van der Waals surface area contributed by atoms with Crippen LogP contribution in [0, 0.1) is 11.8 Å². The predicted molar refractivity (Wildman–Crippen MR) is 87.8 cm³/mol. The molecule has 0 aromatic carbocycles. The Bertz CT molecular complexity index is 465. The summed E-state index contributed by atoms with van der Waals surface area (Å²) in [5.74, 6) is -0.470. The third kappa shape index (κ3) is 6.17. The number of carbonyl (C=O) groups excluding carboxylic acids is 2. The molecule has 2 fully saturated rings. The maximum atomic E-state index is 12.6. The zero-order chi connectivity index (χ0) is 18.4. The van der Waals surface area contributed by atoms with Crippen LogP contribution in [0.4, 0.5) is 13.2 Å². The van der Waals surface area contributed by atoms with E-state index in [1.165, 1.54) is 0 Å². The van der Waals surface area contributed by atoms with Gasteiger partial charge in [-0.3, -0.25) is 9.59 Å². The number of piperidine rings is 1. The molecule has 0 saturated carbocycles. The first-order valence-electron chi connectivity index (χ1n) is 9.14. The van der Waals surface area contributed by atoms with Crippen LogP contribution in [-0.4, -0.2) is 67.1 Å². The van der Waals surface area contributed by atoms with Gasteiger partial charge in [0.1, 0.15) is 6.54 Å². The third-order valence-corrected chi connectivity index (χ3v) is 5.12. The molecule has 2 unspecified atom stereocenters. The third-order valence-electron chi connectivity index (χ3n) is 5.12. The summed E-state index contributed by atoms with van der Waals surface area (Å²) in [6, 6.07) is 0. The zero-order valence-electron chi connectivity index (χ0n) is 14.8. The Kier molecular flexibility index (Phi) is 7.10. The monoisotopic (exact) mass is 363 g/mol. The van der Waals surface area contributed by atoms with E-state index < -0.39 is 24.5 Å². The van der Waals surface area contributed by atoms with Crippen molar-refractivity contribution >= 4 is 11.8 Å². The predicted octanol–water partition coefficient (Wildman–Crippen LogP) is 2.03. The van der Waals surface area contributed by atoms with Crippen LogP contribution < -0.4 is 5.32 Å². The van der Waals surface area contributed by atoms with Crippen LogP contribution in [0.3, 0.4) is 0 Å². The minimum absolute atomic E-state index is 0.0169. The number of alkyl halides is 3. The second kappa shape index (κ2) is 8.87. The van der Waals surface area contributed by atoms with Gasteiger partial charge in [-0.05, 0) is 51.6 Å². The fourth-order valence-corrected chi connectivity index (χ4v) is 3.67. The number of amides is 2. The van der Waals surface area contributed by atoms with Crippen molar-refractivity contribution in [1.29, 1.82) is 0 Å². The highest BCUT2D eigenvalue weighted by molar-refractivity contribution is 5.81. The van der Waals surface area contributed by atoms with Crippen molar-refractivity contribution in [3.63, 3.8) is 0 Å². The van der Waals surface area contributed by atoms with E-state index in [0.29, 0.717) is 31.7 Å². The topological polar surface area (TPSA) is 52.7 Å². The SMILES string of the molecule is CCN(CC(F)(F)F)C(=O)C1CCCN(C(=O)CCC2CCNC2)C1. The minimum atomic E-state index is -4.40. The summed E-state index contributed by atoms with van der Waals surface area (Å²) in [4.78, 5) is 27.3. The lowest BCUT2D eigenvalue weighted by molar-refractivity contribution is -0.164. The van der Waals surface area contributed by atoms with Crippen LogP contribution in [0.5, 0.6) is 0 Å². The van der Waals surface area contributed by atoms with Gasteiger partial charge < -0.3 is 15.1 Å². The Hall–Kier alpha value is -1.31. The highest BCUT2D eigenvalue weighted by Crippen LogP contribution is 2.23. The number of halogens is 3. The van der Waals surface area contributed by atoms with Gasteiger partial charge in [0.05, 0.1) is 5.92 Å². The Morgan fingerprint density at radius 2 is 2.04 bits per heavy atom. The second-order valence-corrected chi connectivity index (χ2v) is 7.04. The normalized spacial score (nSPS) is 24.4. The lowest BCUT2D eigenvalue weighted by Gasteiger charge is -2.35. The summed E-state index contributed by atoms with van der Waals surface area (Å²) in [6.07, 6.45) is -0.827. The van der Waals surface area contributed by atoms with Gasteiger partial charge >= 0.3 is 6.18 Å². The molecule has 2 aliphatic rings. The van der Waals surface area contributed by atoms with Crippen molar-refractivity contribution in [3.05, 3.63) is 0 Å². The second-order valence-electron chi connectivity index (χ2n) is 7.04. The summed E-state index contributed by atoms with van der Waals surface area (Å²) >= 11 is 0. The molecule has 0 aromatic rings. The highest BCUT2D eigenvalue weighted by atomic mass is 19.4. The average molecular weight is 363 g/mol. The summed E-state index contributed by atoms with van der Waals surface area (Å²) in [5.41, 5.74) is 0. The molecular weight excluding hydrogens is 335 g/mol. The molecule has 5 nitrogen and oxygen atoms in total. The standard InChI is InChI=1S/C17H28F3N3O2/c1-2-22(12-17(18,19)20)16(25)14-4-3-9-23(11-14)15(24)6-5-13-7-8-21-10-13/h13-14,21H,2-12H2,1H3. The number of hydrogen-bond acceptors (Lipinski definition) is 3. The van der Waals surface area contributed by atoms with Crippen molar-refractivity contribution in [2.24, 2.45) is 11.8 Å². The fraction of sp³-hybridized carbons (Fsp3) is 0.882. The molecule has 1 N–H and O–H groups in total. The van der Waals surface area contributed by atoms with E-state index in [2.05, 4.69) is 5.32 Å². The summed E-state index contributed by atoms with van der Waals surface area (Å²) < 4.78 is 37.8. The number of rotatable bonds is 6. The molecule has 2 amide bonds. The molecule has 8 heteroatoms. The lowest BCUT2D eigenvalue weighted by Crippen LogP contribution is -2.48. The van der Waals surface area contributed by atoms with Crippen LogP contribution in [-0.2, 0) is 9.59 Å². The number of carbonyl (C=O) groups is 2. The average Bonchev–Trinajstić information content (AvgIpc) is 3.09.